The molecule has 0 amide bonds. The quantitative estimate of drug-likeness (QED) is 0.0828. The van der Waals surface area contributed by atoms with Crippen molar-refractivity contribution in [2.75, 3.05) is 13.2 Å². The summed E-state index contributed by atoms with van der Waals surface area (Å²) in [5, 5.41) is 0. The number of rotatable bonds is 27. The molecule has 2 atom stereocenters. The topological polar surface area (TPSA) is 9.23 Å². The van der Waals surface area contributed by atoms with Gasteiger partial charge in [0.15, 0.2) is 0 Å². The van der Waals surface area contributed by atoms with Crippen molar-refractivity contribution < 1.29 is 4.74 Å². The average molecular weight is 487 g/mol. The van der Waals surface area contributed by atoms with E-state index in [0.717, 1.165) is 25.0 Å². The highest BCUT2D eigenvalue weighted by Gasteiger charge is 2.26. The van der Waals surface area contributed by atoms with Crippen LogP contribution in [0.1, 0.15) is 167 Å². The molecule has 0 aromatic rings. The number of unbranched alkanes of at least 4 members (excludes halogenated alkanes) is 21. The number of fused-ring (bicyclic) bond motifs is 2. The Morgan fingerprint density at radius 1 is 0.543 bits per heavy atom. The number of hydrogen-bond donors (Lipinski definition) is 0. The van der Waals surface area contributed by atoms with Crippen molar-refractivity contribution in [3.63, 3.8) is 0 Å². The fourth-order valence-corrected chi connectivity index (χ4v) is 6.06. The zero-order chi connectivity index (χ0) is 24.7. The molecule has 0 aromatic heterocycles. The van der Waals surface area contributed by atoms with Gasteiger partial charge in [0.1, 0.15) is 0 Å². The lowest BCUT2D eigenvalue weighted by molar-refractivity contribution is 0.126. The van der Waals surface area contributed by atoms with Crippen LogP contribution in [-0.4, -0.2) is 13.2 Å². The summed E-state index contributed by atoms with van der Waals surface area (Å²) in [6.45, 7) is 4.26. The Hall–Kier alpha value is -0.560. The van der Waals surface area contributed by atoms with Gasteiger partial charge in [-0.25, -0.2) is 0 Å². The van der Waals surface area contributed by atoms with Crippen LogP contribution in [0.4, 0.5) is 0 Å². The standard InChI is InChI=1S/C34H62O/c1-2-3-4-5-6-7-8-9-10-11-12-13-14-15-16-17-18-19-20-23-28-35-29-24-21-22-25-33-30-32-26-27-34(33)31-32/h26-27,30,32,34H,2-25,28-29,31H2,1H3. The molecule has 2 bridgehead atoms. The van der Waals surface area contributed by atoms with Crippen molar-refractivity contribution in [3.05, 3.63) is 23.8 Å². The van der Waals surface area contributed by atoms with Crippen LogP contribution in [0.3, 0.4) is 0 Å². The van der Waals surface area contributed by atoms with Gasteiger partial charge in [-0.05, 0) is 43.9 Å². The molecule has 2 aliphatic rings. The van der Waals surface area contributed by atoms with Gasteiger partial charge in [-0.15, -0.1) is 0 Å². The molecule has 0 aliphatic heterocycles. The van der Waals surface area contributed by atoms with E-state index in [1.54, 1.807) is 5.57 Å². The van der Waals surface area contributed by atoms with E-state index in [1.165, 1.54) is 161 Å². The summed E-state index contributed by atoms with van der Waals surface area (Å²) in [7, 11) is 0. The summed E-state index contributed by atoms with van der Waals surface area (Å²) in [4.78, 5) is 0. The number of hydrogen-bond acceptors (Lipinski definition) is 1. The van der Waals surface area contributed by atoms with Crippen LogP contribution in [0.5, 0.6) is 0 Å². The third-order valence-corrected chi connectivity index (χ3v) is 8.42. The van der Waals surface area contributed by atoms with E-state index >= 15 is 0 Å². The fourth-order valence-electron chi connectivity index (χ4n) is 6.06. The molecular weight excluding hydrogens is 424 g/mol. The molecule has 0 saturated carbocycles. The molecule has 1 nitrogen and oxygen atoms in total. The first-order valence-corrected chi connectivity index (χ1v) is 16.4. The third-order valence-electron chi connectivity index (χ3n) is 8.42. The summed E-state index contributed by atoms with van der Waals surface area (Å²) < 4.78 is 5.87. The highest BCUT2D eigenvalue weighted by Crippen LogP contribution is 2.40. The fraction of sp³-hybridized carbons (Fsp3) is 0.882. The molecular formula is C34H62O. The summed E-state index contributed by atoms with van der Waals surface area (Å²) >= 11 is 0. The predicted octanol–water partition coefficient (Wildman–Crippen LogP) is 11.5. The Balaban J connectivity index is 1.16. The first kappa shape index (κ1) is 30.7. The van der Waals surface area contributed by atoms with Crippen LogP contribution in [0.2, 0.25) is 0 Å². The van der Waals surface area contributed by atoms with Crippen LogP contribution >= 0.6 is 0 Å². The Kier molecular flexibility index (Phi) is 19.8. The molecule has 0 N–H and O–H groups in total. The second-order valence-corrected chi connectivity index (χ2v) is 11.8. The third kappa shape index (κ3) is 16.7. The molecule has 0 saturated heterocycles. The average Bonchev–Trinajstić information content (AvgIpc) is 3.50. The predicted molar refractivity (Wildman–Crippen MR) is 156 cm³/mol. The van der Waals surface area contributed by atoms with Gasteiger partial charge in [-0.2, -0.15) is 0 Å². The highest BCUT2D eigenvalue weighted by atomic mass is 16.5. The maximum absolute atomic E-state index is 5.87. The highest BCUT2D eigenvalue weighted by molar-refractivity contribution is 5.29. The van der Waals surface area contributed by atoms with E-state index in [9.17, 15) is 0 Å². The minimum absolute atomic E-state index is 0.780. The Labute approximate surface area is 221 Å². The molecule has 2 unspecified atom stereocenters. The summed E-state index contributed by atoms with van der Waals surface area (Å²) in [5.74, 6) is 1.58. The maximum atomic E-state index is 5.87. The summed E-state index contributed by atoms with van der Waals surface area (Å²) in [6.07, 6.45) is 42.9. The van der Waals surface area contributed by atoms with Crippen molar-refractivity contribution in [1.82, 2.24) is 0 Å². The van der Waals surface area contributed by atoms with Crippen LogP contribution in [-0.2, 0) is 4.74 Å². The second kappa shape index (κ2) is 22.6. The van der Waals surface area contributed by atoms with Gasteiger partial charge in [-0.1, -0.05) is 159 Å². The zero-order valence-corrected chi connectivity index (χ0v) is 23.9. The maximum Gasteiger partial charge on any atom is 0.0466 e. The van der Waals surface area contributed by atoms with E-state index < -0.39 is 0 Å². The van der Waals surface area contributed by atoms with Gasteiger partial charge < -0.3 is 4.74 Å². The van der Waals surface area contributed by atoms with E-state index in [4.69, 9.17) is 4.74 Å². The minimum Gasteiger partial charge on any atom is -0.381 e. The molecule has 0 spiro atoms. The van der Waals surface area contributed by atoms with Gasteiger partial charge in [0.2, 0.25) is 0 Å². The van der Waals surface area contributed by atoms with E-state index in [2.05, 4.69) is 25.2 Å². The molecule has 0 fully saturated rings. The van der Waals surface area contributed by atoms with Crippen molar-refractivity contribution >= 4 is 0 Å². The van der Waals surface area contributed by atoms with Crippen molar-refractivity contribution in [1.29, 1.82) is 0 Å². The van der Waals surface area contributed by atoms with E-state index in [0.29, 0.717) is 0 Å². The lowest BCUT2D eigenvalue weighted by Gasteiger charge is -2.09. The molecule has 2 aliphatic carbocycles. The van der Waals surface area contributed by atoms with Crippen molar-refractivity contribution in [3.8, 4) is 0 Å². The molecule has 35 heavy (non-hydrogen) atoms. The van der Waals surface area contributed by atoms with E-state index in [-0.39, 0.29) is 0 Å². The van der Waals surface area contributed by atoms with Gasteiger partial charge in [0.25, 0.3) is 0 Å². The van der Waals surface area contributed by atoms with Crippen LogP contribution in [0, 0.1) is 11.8 Å². The second-order valence-electron chi connectivity index (χ2n) is 11.8. The summed E-state index contributed by atoms with van der Waals surface area (Å²) in [6, 6.07) is 0. The van der Waals surface area contributed by atoms with Crippen LogP contribution < -0.4 is 0 Å². The Morgan fingerprint density at radius 3 is 1.37 bits per heavy atom. The monoisotopic (exact) mass is 486 g/mol. The van der Waals surface area contributed by atoms with Crippen LogP contribution in [0.15, 0.2) is 23.8 Å². The van der Waals surface area contributed by atoms with Crippen molar-refractivity contribution in [2.45, 2.75) is 167 Å². The SMILES string of the molecule is CCCCCCCCCCCCCCCCCCCCCCOCCCCCC1=CC2C=CC1C2. The van der Waals surface area contributed by atoms with Gasteiger partial charge >= 0.3 is 0 Å². The lowest BCUT2D eigenvalue weighted by atomic mass is 9.97. The summed E-state index contributed by atoms with van der Waals surface area (Å²) in [5.41, 5.74) is 1.72. The van der Waals surface area contributed by atoms with Gasteiger partial charge in [0.05, 0.1) is 0 Å². The lowest BCUT2D eigenvalue weighted by Crippen LogP contribution is -1.98. The first-order chi connectivity index (χ1) is 17.4. The minimum atomic E-state index is 0.780. The molecule has 2 rings (SSSR count). The molecule has 0 aromatic carbocycles. The number of ether oxygens (including phenoxy) is 1. The molecule has 0 radical (unpaired) electrons. The zero-order valence-electron chi connectivity index (χ0n) is 23.9. The molecule has 0 heterocycles. The first-order valence-electron chi connectivity index (χ1n) is 16.4. The Morgan fingerprint density at radius 2 is 0.971 bits per heavy atom. The van der Waals surface area contributed by atoms with Gasteiger partial charge in [-0.3, -0.25) is 0 Å². The van der Waals surface area contributed by atoms with Gasteiger partial charge in [0, 0.05) is 13.2 Å². The normalized spacial score (nSPS) is 18.6. The molecule has 204 valence electrons. The number of allylic oxidation sites excluding steroid dienone is 4. The molecule has 1 heteroatoms. The van der Waals surface area contributed by atoms with Crippen molar-refractivity contribution in [2.24, 2.45) is 11.8 Å². The van der Waals surface area contributed by atoms with Crippen LogP contribution in [0.25, 0.3) is 0 Å². The van der Waals surface area contributed by atoms with E-state index in [1.807, 2.05) is 0 Å². The smallest absolute Gasteiger partial charge is 0.0466 e. The largest absolute Gasteiger partial charge is 0.381 e. The Bertz CT molecular complexity index is 519.